The Balaban J connectivity index is 0.00000140. The number of carbonyl (C=O) groups excluding carboxylic acids is 1. The van der Waals surface area contributed by atoms with Crippen molar-refractivity contribution < 1.29 is 9.18 Å². The molecule has 0 radical (unpaired) electrons. The molecule has 1 amide bonds. The van der Waals surface area contributed by atoms with E-state index in [9.17, 15) is 9.18 Å². The smallest absolute Gasteiger partial charge is 0.222 e. The molecule has 158 valence electrons. The standard InChI is InChI=1S/C21H30FN3O.2ClH/c22-18-6-2-1-5-17(18)19(24-13-3-4-14-24)15-25-16-21(8-7-20(25)26)9-11-23-12-10-21;;/h1-2,5-6,19,23H,3-4,7-16H2;2*1H. The van der Waals surface area contributed by atoms with Crippen molar-refractivity contribution in [3.05, 3.63) is 35.6 Å². The van der Waals surface area contributed by atoms with Crippen LogP contribution in [0.5, 0.6) is 0 Å². The molecule has 28 heavy (non-hydrogen) atoms. The van der Waals surface area contributed by atoms with E-state index in [1.807, 2.05) is 17.0 Å². The van der Waals surface area contributed by atoms with Gasteiger partial charge in [-0.15, -0.1) is 24.8 Å². The van der Waals surface area contributed by atoms with Crippen LogP contribution < -0.4 is 5.32 Å². The Morgan fingerprint density at radius 1 is 1.07 bits per heavy atom. The molecule has 0 bridgehead atoms. The SMILES string of the molecule is Cl.Cl.O=C1CCC2(CCNCC2)CN1CC(c1ccccc1F)N1CCCC1. The Morgan fingerprint density at radius 2 is 1.75 bits per heavy atom. The number of halogens is 3. The summed E-state index contributed by atoms with van der Waals surface area (Å²) in [6.07, 6.45) is 6.26. The van der Waals surface area contributed by atoms with Crippen molar-refractivity contribution in [3.63, 3.8) is 0 Å². The lowest BCUT2D eigenvalue weighted by atomic mass is 9.72. The van der Waals surface area contributed by atoms with Crippen LogP contribution in [0.4, 0.5) is 4.39 Å². The topological polar surface area (TPSA) is 35.6 Å². The molecule has 3 aliphatic rings. The summed E-state index contributed by atoms with van der Waals surface area (Å²) < 4.78 is 14.6. The summed E-state index contributed by atoms with van der Waals surface area (Å²) in [4.78, 5) is 17.1. The van der Waals surface area contributed by atoms with E-state index >= 15 is 0 Å². The number of hydrogen-bond acceptors (Lipinski definition) is 3. The summed E-state index contributed by atoms with van der Waals surface area (Å²) in [6, 6.07) is 7.07. The fraction of sp³-hybridized carbons (Fsp3) is 0.667. The first-order valence-electron chi connectivity index (χ1n) is 10.1. The molecule has 3 heterocycles. The zero-order chi connectivity index (χ0) is 18.0. The van der Waals surface area contributed by atoms with E-state index < -0.39 is 0 Å². The molecule has 3 saturated heterocycles. The largest absolute Gasteiger partial charge is 0.340 e. The van der Waals surface area contributed by atoms with Gasteiger partial charge in [0.1, 0.15) is 5.82 Å². The molecule has 1 unspecified atom stereocenters. The van der Waals surface area contributed by atoms with E-state index in [0.717, 1.165) is 70.4 Å². The second kappa shape index (κ2) is 10.2. The first kappa shape index (κ1) is 23.4. The molecule has 0 saturated carbocycles. The van der Waals surface area contributed by atoms with Crippen LogP contribution in [0, 0.1) is 11.2 Å². The van der Waals surface area contributed by atoms with Gasteiger partial charge in [-0.2, -0.15) is 0 Å². The highest BCUT2D eigenvalue weighted by atomic mass is 35.5. The van der Waals surface area contributed by atoms with Crippen LogP contribution in [0.2, 0.25) is 0 Å². The Bertz CT molecular complexity index is 648. The molecule has 3 fully saturated rings. The maximum atomic E-state index is 14.6. The fourth-order valence-electron chi connectivity index (χ4n) is 5.05. The Labute approximate surface area is 180 Å². The lowest BCUT2D eigenvalue weighted by Crippen LogP contribution is -2.52. The van der Waals surface area contributed by atoms with Gasteiger partial charge in [-0.25, -0.2) is 4.39 Å². The van der Waals surface area contributed by atoms with Gasteiger partial charge in [-0.3, -0.25) is 9.69 Å². The van der Waals surface area contributed by atoms with Crippen LogP contribution in [0.25, 0.3) is 0 Å². The predicted octanol–water partition coefficient (Wildman–Crippen LogP) is 3.80. The molecule has 1 atom stereocenters. The number of likely N-dealkylation sites (tertiary alicyclic amines) is 2. The molecule has 4 rings (SSSR count). The van der Waals surface area contributed by atoms with E-state index in [1.165, 1.54) is 0 Å². The van der Waals surface area contributed by atoms with Crippen molar-refractivity contribution in [3.8, 4) is 0 Å². The third kappa shape index (κ3) is 4.99. The van der Waals surface area contributed by atoms with Gasteiger partial charge in [0.15, 0.2) is 0 Å². The van der Waals surface area contributed by atoms with Crippen molar-refractivity contribution in [2.24, 2.45) is 5.41 Å². The zero-order valence-electron chi connectivity index (χ0n) is 16.4. The minimum Gasteiger partial charge on any atom is -0.340 e. The minimum absolute atomic E-state index is 0. The van der Waals surface area contributed by atoms with Crippen molar-refractivity contribution in [2.45, 2.75) is 44.6 Å². The van der Waals surface area contributed by atoms with E-state index in [4.69, 9.17) is 0 Å². The van der Waals surface area contributed by atoms with Gasteiger partial charge >= 0.3 is 0 Å². The summed E-state index contributed by atoms with van der Waals surface area (Å²) in [6.45, 7) is 5.54. The van der Waals surface area contributed by atoms with E-state index in [0.29, 0.717) is 13.0 Å². The lowest BCUT2D eigenvalue weighted by Gasteiger charge is -2.46. The normalized spacial score (nSPS) is 23.2. The molecular formula is C21H32Cl2FN3O. The summed E-state index contributed by atoms with van der Waals surface area (Å²) in [5.74, 6) is 0.0973. The van der Waals surface area contributed by atoms with Crippen LogP contribution in [0.15, 0.2) is 24.3 Å². The van der Waals surface area contributed by atoms with Gasteiger partial charge in [0, 0.05) is 25.1 Å². The molecule has 1 spiro atoms. The van der Waals surface area contributed by atoms with Crippen molar-refractivity contribution in [1.82, 2.24) is 15.1 Å². The average Bonchev–Trinajstić information content (AvgIpc) is 3.19. The van der Waals surface area contributed by atoms with Crippen molar-refractivity contribution in [2.75, 3.05) is 39.3 Å². The third-order valence-electron chi connectivity index (χ3n) is 6.65. The van der Waals surface area contributed by atoms with E-state index in [-0.39, 0.29) is 48.0 Å². The van der Waals surface area contributed by atoms with Gasteiger partial charge in [0.2, 0.25) is 5.91 Å². The molecule has 0 aromatic heterocycles. The maximum absolute atomic E-state index is 14.6. The van der Waals surface area contributed by atoms with Crippen molar-refractivity contribution >= 4 is 30.7 Å². The molecule has 3 aliphatic heterocycles. The Kier molecular flexibility index (Phi) is 8.56. The first-order chi connectivity index (χ1) is 12.7. The number of rotatable bonds is 4. The Hall–Kier alpha value is -0.880. The molecule has 1 aromatic rings. The summed E-state index contributed by atoms with van der Waals surface area (Å²) in [5, 5.41) is 3.44. The number of piperidine rings is 2. The van der Waals surface area contributed by atoms with Gasteiger partial charge in [0.05, 0.1) is 6.04 Å². The quantitative estimate of drug-likeness (QED) is 0.787. The Morgan fingerprint density at radius 3 is 2.43 bits per heavy atom. The molecule has 1 N–H and O–H groups in total. The highest BCUT2D eigenvalue weighted by Gasteiger charge is 2.40. The van der Waals surface area contributed by atoms with Crippen LogP contribution in [0.3, 0.4) is 0 Å². The van der Waals surface area contributed by atoms with Crippen LogP contribution in [0.1, 0.15) is 50.1 Å². The number of nitrogens with one attached hydrogen (secondary N) is 1. The highest BCUT2D eigenvalue weighted by molar-refractivity contribution is 5.85. The summed E-state index contributed by atoms with van der Waals surface area (Å²) >= 11 is 0. The van der Waals surface area contributed by atoms with Crippen LogP contribution in [-0.4, -0.2) is 55.0 Å². The number of hydrogen-bond donors (Lipinski definition) is 1. The fourth-order valence-corrected chi connectivity index (χ4v) is 5.05. The van der Waals surface area contributed by atoms with E-state index in [1.54, 1.807) is 12.1 Å². The second-order valence-electron chi connectivity index (χ2n) is 8.30. The molecule has 0 aliphatic carbocycles. The monoisotopic (exact) mass is 431 g/mol. The van der Waals surface area contributed by atoms with Crippen molar-refractivity contribution in [1.29, 1.82) is 0 Å². The maximum Gasteiger partial charge on any atom is 0.222 e. The summed E-state index contributed by atoms with van der Waals surface area (Å²) in [7, 11) is 0. The predicted molar refractivity (Wildman–Crippen MR) is 115 cm³/mol. The molecule has 4 nitrogen and oxygen atoms in total. The van der Waals surface area contributed by atoms with Gasteiger partial charge < -0.3 is 10.2 Å². The first-order valence-corrected chi connectivity index (χ1v) is 10.1. The highest BCUT2D eigenvalue weighted by Crippen LogP contribution is 2.39. The number of carbonyl (C=O) groups is 1. The van der Waals surface area contributed by atoms with Gasteiger partial charge in [-0.05, 0) is 69.8 Å². The van der Waals surface area contributed by atoms with Gasteiger partial charge in [-0.1, -0.05) is 18.2 Å². The number of amides is 1. The molecule has 1 aromatic carbocycles. The van der Waals surface area contributed by atoms with Crippen LogP contribution in [-0.2, 0) is 4.79 Å². The van der Waals surface area contributed by atoms with Crippen LogP contribution >= 0.6 is 24.8 Å². The summed E-state index contributed by atoms with van der Waals surface area (Å²) in [5.41, 5.74) is 1.01. The molecular weight excluding hydrogens is 400 g/mol. The minimum atomic E-state index is -0.148. The number of benzene rings is 1. The average molecular weight is 432 g/mol. The van der Waals surface area contributed by atoms with Gasteiger partial charge in [0.25, 0.3) is 0 Å². The lowest BCUT2D eigenvalue weighted by molar-refractivity contribution is -0.139. The molecule has 7 heteroatoms. The zero-order valence-corrected chi connectivity index (χ0v) is 18.0. The second-order valence-corrected chi connectivity index (χ2v) is 8.30. The van der Waals surface area contributed by atoms with E-state index in [2.05, 4.69) is 10.2 Å². The number of nitrogens with zero attached hydrogens (tertiary/aromatic N) is 2. The third-order valence-corrected chi connectivity index (χ3v) is 6.65.